The van der Waals surface area contributed by atoms with Crippen LogP contribution in [0, 0.1) is 5.92 Å². The number of carbonyl (C=O) groups is 2. The van der Waals surface area contributed by atoms with Gasteiger partial charge < -0.3 is 9.47 Å². The van der Waals surface area contributed by atoms with E-state index < -0.39 is 0 Å². The van der Waals surface area contributed by atoms with Crippen molar-refractivity contribution in [3.63, 3.8) is 0 Å². The summed E-state index contributed by atoms with van der Waals surface area (Å²) in [5, 5.41) is 0. The molecule has 1 unspecified atom stereocenters. The summed E-state index contributed by atoms with van der Waals surface area (Å²) < 4.78 is 11.4. The van der Waals surface area contributed by atoms with Crippen molar-refractivity contribution in [2.75, 3.05) is 13.2 Å². The van der Waals surface area contributed by atoms with Gasteiger partial charge in [0.05, 0.1) is 25.6 Å². The van der Waals surface area contributed by atoms with E-state index in [-0.39, 0.29) is 24.3 Å². The van der Waals surface area contributed by atoms with Crippen LogP contribution in [-0.4, -0.2) is 25.2 Å². The summed E-state index contributed by atoms with van der Waals surface area (Å²) >= 11 is 0. The molecule has 0 saturated carbocycles. The summed E-state index contributed by atoms with van der Waals surface area (Å²) in [6.45, 7) is 7.79. The summed E-state index contributed by atoms with van der Waals surface area (Å²) in [5.41, 5.74) is 0. The maximum Gasteiger partial charge on any atom is 0.309 e. The molecule has 326 valence electrons. The lowest BCUT2D eigenvalue weighted by atomic mass is 9.97. The Balaban J connectivity index is 4.21. The van der Waals surface area contributed by atoms with Crippen molar-refractivity contribution in [1.29, 1.82) is 0 Å². The van der Waals surface area contributed by atoms with E-state index in [2.05, 4.69) is 32.9 Å². The van der Waals surface area contributed by atoms with Crippen LogP contribution in [0.25, 0.3) is 0 Å². The van der Waals surface area contributed by atoms with Crippen LogP contribution in [0.4, 0.5) is 0 Å². The first kappa shape index (κ1) is 53.7. The van der Waals surface area contributed by atoms with Gasteiger partial charge in [-0.1, -0.05) is 245 Å². The summed E-state index contributed by atoms with van der Waals surface area (Å²) in [5.74, 6) is -0.782. The highest BCUT2D eigenvalue weighted by Gasteiger charge is 2.24. The predicted octanol–water partition coefficient (Wildman–Crippen LogP) is 17.3. The van der Waals surface area contributed by atoms with Gasteiger partial charge in [0.2, 0.25) is 0 Å². The average Bonchev–Trinajstić information content (AvgIpc) is 3.19. The SMILES string of the molecule is CCCCCCCCCCC/C=C/CCCCCCCCC(CC(=O)OCCCCCCCCCCCCC)C(=O)OCCCCCCCCCCCCC. The molecule has 0 fully saturated rings. The minimum Gasteiger partial charge on any atom is -0.466 e. The molecule has 4 heteroatoms. The topological polar surface area (TPSA) is 52.6 Å². The lowest BCUT2D eigenvalue weighted by Gasteiger charge is -2.16. The number of hydrogen-bond donors (Lipinski definition) is 0. The number of unbranched alkanes of at least 4 members (excludes halogenated alkanes) is 35. The number of esters is 2. The molecule has 0 heterocycles. The Morgan fingerprint density at radius 2 is 0.655 bits per heavy atom. The molecule has 0 spiro atoms. The molecule has 0 radical (unpaired) electrons. The number of carbonyl (C=O) groups excluding carboxylic acids is 2. The second kappa shape index (κ2) is 47.1. The van der Waals surface area contributed by atoms with Crippen molar-refractivity contribution in [2.24, 2.45) is 5.92 Å². The fourth-order valence-corrected chi connectivity index (χ4v) is 7.74. The molecule has 0 aliphatic carbocycles. The van der Waals surface area contributed by atoms with Gasteiger partial charge in [0.1, 0.15) is 0 Å². The van der Waals surface area contributed by atoms with E-state index in [1.807, 2.05) is 0 Å². The van der Waals surface area contributed by atoms with Crippen molar-refractivity contribution >= 4 is 11.9 Å². The summed E-state index contributed by atoms with van der Waals surface area (Å²) in [4.78, 5) is 25.9. The van der Waals surface area contributed by atoms with Gasteiger partial charge in [0, 0.05) is 0 Å². The van der Waals surface area contributed by atoms with E-state index in [0.29, 0.717) is 13.2 Å². The molecule has 4 nitrogen and oxygen atoms in total. The van der Waals surface area contributed by atoms with Gasteiger partial charge in [-0.3, -0.25) is 9.59 Å². The number of ether oxygens (including phenoxy) is 2. The van der Waals surface area contributed by atoms with E-state index in [1.54, 1.807) is 0 Å². The molecule has 1 atom stereocenters. The Labute approximate surface area is 345 Å². The molecule has 0 rings (SSSR count). The van der Waals surface area contributed by atoms with Gasteiger partial charge in [-0.25, -0.2) is 0 Å². The fourth-order valence-electron chi connectivity index (χ4n) is 7.74. The maximum absolute atomic E-state index is 13.1. The molecule has 0 aromatic carbocycles. The molecule has 0 aromatic rings. The quantitative estimate of drug-likeness (QED) is 0.0351. The second-order valence-electron chi connectivity index (χ2n) is 17.1. The van der Waals surface area contributed by atoms with Gasteiger partial charge in [0.25, 0.3) is 0 Å². The van der Waals surface area contributed by atoms with Crippen molar-refractivity contribution in [3.8, 4) is 0 Å². The Hall–Kier alpha value is -1.32. The largest absolute Gasteiger partial charge is 0.466 e. The highest BCUT2D eigenvalue weighted by Crippen LogP contribution is 2.20. The number of rotatable bonds is 46. The summed E-state index contributed by atoms with van der Waals surface area (Å²) in [6.07, 6.45) is 55.9. The van der Waals surface area contributed by atoms with E-state index in [4.69, 9.17) is 9.47 Å². The van der Waals surface area contributed by atoms with E-state index in [0.717, 1.165) is 44.9 Å². The first-order valence-electron chi connectivity index (χ1n) is 25.1. The standard InChI is InChI=1S/C51H98O4/c1-4-7-10-13-16-19-22-23-24-25-26-27-28-29-30-33-36-39-42-45-49(51(53)55-47-44-41-38-35-32-21-18-15-12-9-6-3)48-50(52)54-46-43-40-37-34-31-20-17-14-11-8-5-2/h26-27,49H,4-25,28-48H2,1-3H3/b27-26+. The van der Waals surface area contributed by atoms with Gasteiger partial charge >= 0.3 is 11.9 Å². The Morgan fingerprint density at radius 1 is 0.364 bits per heavy atom. The van der Waals surface area contributed by atoms with Crippen LogP contribution >= 0.6 is 0 Å². The molecule has 0 aromatic heterocycles. The molecule has 0 N–H and O–H groups in total. The zero-order valence-corrected chi connectivity index (χ0v) is 37.8. The van der Waals surface area contributed by atoms with Crippen LogP contribution in [-0.2, 0) is 19.1 Å². The molecule has 0 saturated heterocycles. The lowest BCUT2D eigenvalue weighted by molar-refractivity contribution is -0.155. The van der Waals surface area contributed by atoms with Gasteiger partial charge in [0.15, 0.2) is 0 Å². The van der Waals surface area contributed by atoms with Crippen molar-refractivity contribution in [2.45, 2.75) is 284 Å². The van der Waals surface area contributed by atoms with Crippen LogP contribution in [0.3, 0.4) is 0 Å². The van der Waals surface area contributed by atoms with Gasteiger partial charge in [-0.15, -0.1) is 0 Å². The van der Waals surface area contributed by atoms with Gasteiger partial charge in [-0.2, -0.15) is 0 Å². The molecule has 0 amide bonds. The highest BCUT2D eigenvalue weighted by atomic mass is 16.5. The number of hydrogen-bond acceptors (Lipinski definition) is 4. The predicted molar refractivity (Wildman–Crippen MR) is 241 cm³/mol. The van der Waals surface area contributed by atoms with Crippen LogP contribution in [0.2, 0.25) is 0 Å². The fraction of sp³-hybridized carbons (Fsp3) is 0.922. The third kappa shape index (κ3) is 43.6. The third-order valence-corrected chi connectivity index (χ3v) is 11.6. The van der Waals surface area contributed by atoms with Crippen molar-refractivity contribution < 1.29 is 19.1 Å². The molecule has 0 aliphatic heterocycles. The van der Waals surface area contributed by atoms with Crippen LogP contribution in [0.15, 0.2) is 12.2 Å². The van der Waals surface area contributed by atoms with Gasteiger partial charge in [-0.05, 0) is 44.9 Å². The number of allylic oxidation sites excluding steroid dienone is 2. The zero-order valence-electron chi connectivity index (χ0n) is 37.8. The third-order valence-electron chi connectivity index (χ3n) is 11.6. The van der Waals surface area contributed by atoms with Crippen LogP contribution in [0.5, 0.6) is 0 Å². The smallest absolute Gasteiger partial charge is 0.309 e. The average molecular weight is 775 g/mol. The zero-order chi connectivity index (χ0) is 40.0. The highest BCUT2D eigenvalue weighted by molar-refractivity contribution is 5.79. The Kier molecular flexibility index (Phi) is 45.9. The summed E-state index contributed by atoms with van der Waals surface area (Å²) in [7, 11) is 0. The van der Waals surface area contributed by atoms with Crippen LogP contribution in [0.1, 0.15) is 284 Å². The van der Waals surface area contributed by atoms with Crippen molar-refractivity contribution in [3.05, 3.63) is 12.2 Å². The molecular formula is C51H98O4. The second-order valence-corrected chi connectivity index (χ2v) is 17.1. The molecule has 0 aliphatic rings. The Morgan fingerprint density at radius 3 is 1.02 bits per heavy atom. The normalized spacial score (nSPS) is 12.1. The lowest BCUT2D eigenvalue weighted by Crippen LogP contribution is -2.23. The van der Waals surface area contributed by atoms with E-state index in [9.17, 15) is 9.59 Å². The van der Waals surface area contributed by atoms with E-state index >= 15 is 0 Å². The minimum atomic E-state index is -0.367. The minimum absolute atomic E-state index is 0.167. The van der Waals surface area contributed by atoms with Crippen LogP contribution < -0.4 is 0 Å². The Bertz CT molecular complexity index is 792. The van der Waals surface area contributed by atoms with E-state index in [1.165, 1.54) is 212 Å². The molecule has 0 bridgehead atoms. The first-order chi connectivity index (χ1) is 27.2. The van der Waals surface area contributed by atoms with Crippen molar-refractivity contribution in [1.82, 2.24) is 0 Å². The summed E-state index contributed by atoms with van der Waals surface area (Å²) in [6, 6.07) is 0. The first-order valence-corrected chi connectivity index (χ1v) is 25.1. The monoisotopic (exact) mass is 775 g/mol. The maximum atomic E-state index is 13.1. The molecular weight excluding hydrogens is 677 g/mol. The molecule has 55 heavy (non-hydrogen) atoms.